The Morgan fingerprint density at radius 1 is 1.09 bits per heavy atom. The molecule has 1 aliphatic rings. The van der Waals surface area contributed by atoms with Gasteiger partial charge in [-0.15, -0.1) is 0 Å². The lowest BCUT2D eigenvalue weighted by Crippen LogP contribution is -2.49. The molecule has 0 saturated carbocycles. The number of carbonyl (C=O) groups is 1. The molecule has 0 unspecified atom stereocenters. The summed E-state index contributed by atoms with van der Waals surface area (Å²) >= 11 is 0. The van der Waals surface area contributed by atoms with Gasteiger partial charge in [0.25, 0.3) is 5.91 Å². The van der Waals surface area contributed by atoms with Gasteiger partial charge in [0.1, 0.15) is 17.5 Å². The van der Waals surface area contributed by atoms with Crippen LogP contribution in [0.5, 0.6) is 0 Å². The van der Waals surface area contributed by atoms with Crippen molar-refractivity contribution in [3.63, 3.8) is 0 Å². The summed E-state index contributed by atoms with van der Waals surface area (Å²) in [6.07, 6.45) is 6.31. The molecule has 0 bridgehead atoms. The summed E-state index contributed by atoms with van der Waals surface area (Å²) in [6.45, 7) is 3.18. The molecule has 0 aliphatic carbocycles. The SMILES string of the molecule is Cc1cc(F)cc2ccnc(N(C(=O)c3ccc(Nc4ncccn4)cc3F)[C@@H]3CCCNC3)c12. The Morgan fingerprint density at radius 2 is 1.91 bits per heavy atom. The number of aromatic nitrogens is 3. The van der Waals surface area contributed by atoms with E-state index in [2.05, 4.69) is 25.6 Å². The fraction of sp³-hybridized carbons (Fsp3) is 0.231. The van der Waals surface area contributed by atoms with Gasteiger partial charge in [0.2, 0.25) is 5.95 Å². The zero-order chi connectivity index (χ0) is 24.4. The Labute approximate surface area is 201 Å². The number of piperidine rings is 1. The van der Waals surface area contributed by atoms with Gasteiger partial charge in [0, 0.05) is 36.2 Å². The highest BCUT2D eigenvalue weighted by molar-refractivity contribution is 6.11. The number of pyridine rings is 1. The molecule has 2 aromatic heterocycles. The minimum atomic E-state index is -0.673. The van der Waals surface area contributed by atoms with Crippen LogP contribution in [0.3, 0.4) is 0 Å². The first-order valence-electron chi connectivity index (χ1n) is 11.4. The van der Waals surface area contributed by atoms with E-state index >= 15 is 4.39 Å². The van der Waals surface area contributed by atoms with Crippen LogP contribution in [0.15, 0.2) is 61.1 Å². The van der Waals surface area contributed by atoms with Crippen LogP contribution in [0.25, 0.3) is 10.8 Å². The Bertz CT molecular complexity index is 1380. The summed E-state index contributed by atoms with van der Waals surface area (Å²) in [7, 11) is 0. The highest BCUT2D eigenvalue weighted by atomic mass is 19.1. The van der Waals surface area contributed by atoms with Crippen molar-refractivity contribution in [1.29, 1.82) is 0 Å². The largest absolute Gasteiger partial charge is 0.324 e. The molecule has 0 radical (unpaired) electrons. The quantitative estimate of drug-likeness (QED) is 0.434. The van der Waals surface area contributed by atoms with E-state index < -0.39 is 11.7 Å². The second-order valence-corrected chi connectivity index (χ2v) is 8.52. The number of benzene rings is 2. The van der Waals surface area contributed by atoms with Crippen LogP contribution in [-0.4, -0.2) is 40.0 Å². The molecule has 1 atom stereocenters. The number of hydrogen-bond acceptors (Lipinski definition) is 6. The summed E-state index contributed by atoms with van der Waals surface area (Å²) < 4.78 is 29.4. The van der Waals surface area contributed by atoms with Crippen LogP contribution in [0.2, 0.25) is 0 Å². The summed E-state index contributed by atoms with van der Waals surface area (Å²) in [4.78, 5) is 28.1. The van der Waals surface area contributed by atoms with E-state index in [0.717, 1.165) is 19.4 Å². The van der Waals surface area contributed by atoms with Crippen molar-refractivity contribution in [2.45, 2.75) is 25.8 Å². The topological polar surface area (TPSA) is 83.0 Å². The smallest absolute Gasteiger partial charge is 0.262 e. The van der Waals surface area contributed by atoms with Crippen LogP contribution in [0.1, 0.15) is 28.8 Å². The number of carbonyl (C=O) groups excluding carboxylic acids is 1. The van der Waals surface area contributed by atoms with Gasteiger partial charge in [0.05, 0.1) is 11.6 Å². The van der Waals surface area contributed by atoms with E-state index in [1.807, 2.05) is 0 Å². The summed E-state index contributed by atoms with van der Waals surface area (Å²) in [5.41, 5.74) is 1.01. The number of rotatable bonds is 5. The lowest BCUT2D eigenvalue weighted by atomic mass is 10.0. The standard InChI is InChI=1S/C26H24F2N6O/c1-16-12-18(27)13-17-7-11-30-24(23(16)17)34(20-4-2-8-29-15-20)25(35)21-6-5-19(14-22(21)28)33-26-31-9-3-10-32-26/h3,5-7,9-14,20,29H,2,4,8,15H2,1H3,(H,31,32,33)/t20-/m1/s1. The maximum atomic E-state index is 15.3. The van der Waals surface area contributed by atoms with E-state index in [1.165, 1.54) is 24.3 Å². The number of nitrogens with zero attached hydrogens (tertiary/aromatic N) is 4. The molecule has 4 aromatic rings. The summed E-state index contributed by atoms with van der Waals surface area (Å²) in [5, 5.41) is 7.55. The number of halogens is 2. The number of amides is 1. The minimum Gasteiger partial charge on any atom is -0.324 e. The molecule has 3 heterocycles. The molecule has 0 spiro atoms. The third kappa shape index (κ3) is 4.67. The molecule has 7 nitrogen and oxygen atoms in total. The second-order valence-electron chi connectivity index (χ2n) is 8.52. The van der Waals surface area contributed by atoms with E-state index in [1.54, 1.807) is 48.6 Å². The molecule has 5 rings (SSSR count). The van der Waals surface area contributed by atoms with E-state index in [0.29, 0.717) is 40.3 Å². The first kappa shape index (κ1) is 22.8. The fourth-order valence-electron chi connectivity index (χ4n) is 4.52. The first-order valence-corrected chi connectivity index (χ1v) is 11.4. The zero-order valence-corrected chi connectivity index (χ0v) is 19.1. The molecule has 1 fully saturated rings. The number of nitrogens with one attached hydrogen (secondary N) is 2. The summed E-state index contributed by atoms with van der Waals surface area (Å²) in [5.74, 6) is -0.808. The third-order valence-corrected chi connectivity index (χ3v) is 6.11. The Balaban J connectivity index is 1.56. The molecule has 2 N–H and O–H groups in total. The van der Waals surface area contributed by atoms with Crippen LogP contribution in [-0.2, 0) is 0 Å². The number of hydrogen-bond donors (Lipinski definition) is 2. The average Bonchev–Trinajstić information content (AvgIpc) is 2.85. The average molecular weight is 475 g/mol. The van der Waals surface area contributed by atoms with E-state index in [9.17, 15) is 9.18 Å². The molecule has 35 heavy (non-hydrogen) atoms. The van der Waals surface area contributed by atoms with Crippen molar-refractivity contribution >= 4 is 34.1 Å². The molecular weight excluding hydrogens is 450 g/mol. The van der Waals surface area contributed by atoms with Crippen molar-refractivity contribution < 1.29 is 13.6 Å². The van der Waals surface area contributed by atoms with Crippen molar-refractivity contribution in [2.75, 3.05) is 23.3 Å². The maximum absolute atomic E-state index is 15.3. The van der Waals surface area contributed by atoms with Crippen molar-refractivity contribution in [3.8, 4) is 0 Å². The van der Waals surface area contributed by atoms with Gasteiger partial charge in [-0.05, 0) is 79.7 Å². The van der Waals surface area contributed by atoms with Crippen molar-refractivity contribution in [1.82, 2.24) is 20.3 Å². The molecule has 2 aromatic carbocycles. The van der Waals surface area contributed by atoms with Crippen LogP contribution in [0, 0.1) is 18.6 Å². The van der Waals surface area contributed by atoms with Gasteiger partial charge in [-0.2, -0.15) is 0 Å². The molecule has 1 aliphatic heterocycles. The monoisotopic (exact) mass is 474 g/mol. The molecule has 9 heteroatoms. The van der Waals surface area contributed by atoms with Gasteiger partial charge in [0.15, 0.2) is 0 Å². The minimum absolute atomic E-state index is 0.0753. The van der Waals surface area contributed by atoms with Gasteiger partial charge >= 0.3 is 0 Å². The Kier molecular flexibility index (Phi) is 6.33. The number of fused-ring (bicyclic) bond motifs is 1. The van der Waals surface area contributed by atoms with Crippen molar-refractivity contribution in [3.05, 3.63) is 83.8 Å². The van der Waals surface area contributed by atoms with Gasteiger partial charge in [-0.3, -0.25) is 9.69 Å². The molecule has 1 saturated heterocycles. The van der Waals surface area contributed by atoms with Crippen LogP contribution >= 0.6 is 0 Å². The highest BCUT2D eigenvalue weighted by Crippen LogP contribution is 2.32. The first-order chi connectivity index (χ1) is 17.0. The van der Waals surface area contributed by atoms with Gasteiger partial charge in [-0.25, -0.2) is 23.7 Å². The fourth-order valence-corrected chi connectivity index (χ4v) is 4.52. The molecule has 178 valence electrons. The Hall–Kier alpha value is -3.98. The lowest BCUT2D eigenvalue weighted by molar-refractivity contribution is 0.0968. The normalized spacial score (nSPS) is 15.7. The lowest BCUT2D eigenvalue weighted by Gasteiger charge is -2.35. The molecule has 1 amide bonds. The summed E-state index contributed by atoms with van der Waals surface area (Å²) in [6, 6.07) is 10.3. The second kappa shape index (κ2) is 9.71. The number of anilines is 3. The van der Waals surface area contributed by atoms with Gasteiger partial charge in [-0.1, -0.05) is 0 Å². The number of aryl methyl sites for hydroxylation is 1. The predicted octanol–water partition coefficient (Wildman–Crippen LogP) is 4.75. The van der Waals surface area contributed by atoms with Crippen molar-refractivity contribution in [2.24, 2.45) is 0 Å². The maximum Gasteiger partial charge on any atom is 0.262 e. The van der Waals surface area contributed by atoms with Crippen LogP contribution in [0.4, 0.5) is 26.2 Å². The third-order valence-electron chi connectivity index (χ3n) is 6.11. The van der Waals surface area contributed by atoms with E-state index in [4.69, 9.17) is 0 Å². The Morgan fingerprint density at radius 3 is 2.66 bits per heavy atom. The zero-order valence-electron chi connectivity index (χ0n) is 19.1. The molecular formula is C26H24F2N6O. The highest BCUT2D eigenvalue weighted by Gasteiger charge is 2.31. The van der Waals surface area contributed by atoms with E-state index in [-0.39, 0.29) is 17.4 Å². The predicted molar refractivity (Wildman–Crippen MR) is 131 cm³/mol. The van der Waals surface area contributed by atoms with Gasteiger partial charge < -0.3 is 10.6 Å². The van der Waals surface area contributed by atoms with Crippen LogP contribution < -0.4 is 15.5 Å².